The van der Waals surface area contributed by atoms with Crippen LogP contribution in [-0.4, -0.2) is 19.9 Å². The van der Waals surface area contributed by atoms with Gasteiger partial charge >= 0.3 is 0 Å². The first-order valence-corrected chi connectivity index (χ1v) is 5.95. The van der Waals surface area contributed by atoms with Crippen LogP contribution in [0, 0.1) is 6.92 Å². The molecule has 0 radical (unpaired) electrons. The van der Waals surface area contributed by atoms with Gasteiger partial charge in [-0.2, -0.15) is 5.10 Å². The van der Waals surface area contributed by atoms with Gasteiger partial charge in [-0.3, -0.25) is 0 Å². The number of aromatic nitrogens is 3. The third kappa shape index (κ3) is 2.51. The lowest BCUT2D eigenvalue weighted by Crippen LogP contribution is -2.08. The van der Waals surface area contributed by atoms with E-state index in [0.717, 1.165) is 29.2 Å². The molecule has 0 fully saturated rings. The van der Waals surface area contributed by atoms with Crippen LogP contribution in [0.25, 0.3) is 0 Å². The molecule has 0 spiro atoms. The summed E-state index contributed by atoms with van der Waals surface area (Å²) in [5, 5.41) is 13.4. The number of benzene rings is 1. The molecule has 5 nitrogen and oxygen atoms in total. The maximum absolute atomic E-state index is 9.29. The Bertz CT molecular complexity index is 523. The Balaban J connectivity index is 2.15. The monoisotopic (exact) mass is 247 g/mol. The number of para-hydroxylation sites is 1. The molecular weight excluding hydrogens is 230 g/mol. The largest absolute Gasteiger partial charge is 0.485 e. The zero-order valence-corrected chi connectivity index (χ0v) is 10.6. The Hall–Kier alpha value is -1.88. The first-order valence-electron chi connectivity index (χ1n) is 5.95. The molecule has 0 atom stereocenters. The number of aliphatic hydroxyl groups is 1. The number of hydrogen-bond donors (Lipinski definition) is 1. The Morgan fingerprint density at radius 2 is 2.22 bits per heavy atom. The lowest BCUT2D eigenvalue weighted by molar-refractivity contribution is 0.251. The average Bonchev–Trinajstić information content (AvgIpc) is 2.84. The molecular formula is C13H17N3O2. The zero-order chi connectivity index (χ0) is 13.0. The molecule has 0 saturated carbocycles. The van der Waals surface area contributed by atoms with Gasteiger partial charge in [-0.1, -0.05) is 18.2 Å². The molecule has 0 aliphatic carbocycles. The lowest BCUT2D eigenvalue weighted by Gasteiger charge is -2.12. The van der Waals surface area contributed by atoms with Crippen LogP contribution in [0.5, 0.6) is 5.75 Å². The number of ether oxygens (including phenoxy) is 1. The fraction of sp³-hybridized carbons (Fsp3) is 0.385. The summed E-state index contributed by atoms with van der Waals surface area (Å²) in [5.74, 6) is 1.51. The summed E-state index contributed by atoms with van der Waals surface area (Å²) in [7, 11) is 0. The van der Waals surface area contributed by atoms with Crippen molar-refractivity contribution in [3.8, 4) is 5.75 Å². The van der Waals surface area contributed by atoms with Gasteiger partial charge in [-0.25, -0.2) is 9.67 Å². The molecule has 2 rings (SSSR count). The third-order valence-corrected chi connectivity index (χ3v) is 2.80. The summed E-state index contributed by atoms with van der Waals surface area (Å²) in [4.78, 5) is 4.15. The summed E-state index contributed by atoms with van der Waals surface area (Å²) in [5.41, 5.74) is 1.79. The first kappa shape index (κ1) is 12.6. The van der Waals surface area contributed by atoms with Crippen LogP contribution >= 0.6 is 0 Å². The predicted octanol–water partition coefficient (Wildman–Crippen LogP) is 1.68. The molecule has 0 amide bonds. The first-order chi connectivity index (χ1) is 8.76. The highest BCUT2D eigenvalue weighted by Crippen LogP contribution is 2.24. The molecule has 5 heteroatoms. The van der Waals surface area contributed by atoms with Crippen LogP contribution in [0.15, 0.2) is 24.5 Å². The molecule has 2 aromatic rings. The molecule has 0 saturated heterocycles. The molecule has 1 N–H and O–H groups in total. The van der Waals surface area contributed by atoms with E-state index in [4.69, 9.17) is 4.74 Å². The van der Waals surface area contributed by atoms with Crippen LogP contribution in [0.4, 0.5) is 0 Å². The maximum atomic E-state index is 9.29. The van der Waals surface area contributed by atoms with Crippen molar-refractivity contribution in [1.29, 1.82) is 0 Å². The van der Waals surface area contributed by atoms with Gasteiger partial charge in [0.2, 0.25) is 0 Å². The Kier molecular flexibility index (Phi) is 3.94. The SMILES string of the molecule is CCn1ncnc1COc1c(C)cccc1CO. The fourth-order valence-electron chi connectivity index (χ4n) is 1.85. The predicted molar refractivity (Wildman–Crippen MR) is 67.1 cm³/mol. The number of aryl methyl sites for hydroxylation is 2. The van der Waals surface area contributed by atoms with E-state index in [1.165, 1.54) is 6.33 Å². The molecule has 0 aliphatic heterocycles. The molecule has 0 bridgehead atoms. The summed E-state index contributed by atoms with van der Waals surface area (Å²) < 4.78 is 7.55. The Labute approximate surface area is 106 Å². The van der Waals surface area contributed by atoms with E-state index >= 15 is 0 Å². The number of hydrogen-bond acceptors (Lipinski definition) is 4. The van der Waals surface area contributed by atoms with Crippen LogP contribution in [0.2, 0.25) is 0 Å². The van der Waals surface area contributed by atoms with Crippen LogP contribution < -0.4 is 4.74 Å². The van der Waals surface area contributed by atoms with Crippen molar-refractivity contribution in [2.24, 2.45) is 0 Å². The van der Waals surface area contributed by atoms with Crippen LogP contribution in [-0.2, 0) is 19.8 Å². The minimum atomic E-state index is -0.0303. The number of nitrogens with zero attached hydrogens (tertiary/aromatic N) is 3. The van der Waals surface area contributed by atoms with Gasteiger partial charge in [0.15, 0.2) is 5.82 Å². The molecule has 1 aromatic heterocycles. The van der Waals surface area contributed by atoms with E-state index in [1.54, 1.807) is 4.68 Å². The molecule has 1 aromatic carbocycles. The Morgan fingerprint density at radius 1 is 1.39 bits per heavy atom. The van der Waals surface area contributed by atoms with E-state index in [2.05, 4.69) is 10.1 Å². The van der Waals surface area contributed by atoms with Gasteiger partial charge < -0.3 is 9.84 Å². The van der Waals surface area contributed by atoms with E-state index in [9.17, 15) is 5.11 Å². The van der Waals surface area contributed by atoms with E-state index in [0.29, 0.717) is 6.61 Å². The van der Waals surface area contributed by atoms with E-state index in [1.807, 2.05) is 32.0 Å². The quantitative estimate of drug-likeness (QED) is 0.873. The van der Waals surface area contributed by atoms with Gasteiger partial charge in [0.1, 0.15) is 18.7 Å². The summed E-state index contributed by atoms with van der Waals surface area (Å²) in [6, 6.07) is 5.72. The topological polar surface area (TPSA) is 60.2 Å². The smallest absolute Gasteiger partial charge is 0.164 e. The summed E-state index contributed by atoms with van der Waals surface area (Å²) >= 11 is 0. The zero-order valence-electron chi connectivity index (χ0n) is 10.6. The van der Waals surface area contributed by atoms with Crippen molar-refractivity contribution in [3.63, 3.8) is 0 Å². The normalized spacial score (nSPS) is 10.6. The lowest BCUT2D eigenvalue weighted by atomic mass is 10.1. The highest BCUT2D eigenvalue weighted by Gasteiger charge is 2.09. The van der Waals surface area contributed by atoms with Crippen molar-refractivity contribution in [3.05, 3.63) is 41.5 Å². The number of rotatable bonds is 5. The van der Waals surface area contributed by atoms with Crippen molar-refractivity contribution in [1.82, 2.24) is 14.8 Å². The highest BCUT2D eigenvalue weighted by molar-refractivity contribution is 5.40. The number of aliphatic hydroxyl groups excluding tert-OH is 1. The van der Waals surface area contributed by atoms with Crippen molar-refractivity contribution in [2.45, 2.75) is 33.6 Å². The van der Waals surface area contributed by atoms with Gasteiger partial charge in [-0.05, 0) is 19.4 Å². The second-order valence-corrected chi connectivity index (χ2v) is 4.00. The summed E-state index contributed by atoms with van der Waals surface area (Å²) in [6.45, 7) is 5.05. The minimum Gasteiger partial charge on any atom is -0.485 e. The summed E-state index contributed by atoms with van der Waals surface area (Å²) in [6.07, 6.45) is 1.52. The van der Waals surface area contributed by atoms with Crippen LogP contribution in [0.3, 0.4) is 0 Å². The van der Waals surface area contributed by atoms with Gasteiger partial charge in [0, 0.05) is 12.1 Å². The van der Waals surface area contributed by atoms with Crippen molar-refractivity contribution in [2.75, 3.05) is 0 Å². The maximum Gasteiger partial charge on any atom is 0.164 e. The van der Waals surface area contributed by atoms with Gasteiger partial charge in [0.25, 0.3) is 0 Å². The fourth-order valence-corrected chi connectivity index (χ4v) is 1.85. The minimum absolute atomic E-state index is 0.0303. The molecule has 18 heavy (non-hydrogen) atoms. The average molecular weight is 247 g/mol. The molecule has 0 aliphatic rings. The van der Waals surface area contributed by atoms with Crippen molar-refractivity contribution < 1.29 is 9.84 Å². The molecule has 1 heterocycles. The van der Waals surface area contributed by atoms with E-state index < -0.39 is 0 Å². The molecule has 96 valence electrons. The Morgan fingerprint density at radius 3 is 2.94 bits per heavy atom. The standard InChI is InChI=1S/C13H17N3O2/c1-3-16-12(14-9-15-16)8-18-13-10(2)5-4-6-11(13)7-17/h4-6,9,17H,3,7-8H2,1-2H3. The van der Waals surface area contributed by atoms with E-state index in [-0.39, 0.29) is 6.61 Å². The highest BCUT2D eigenvalue weighted by atomic mass is 16.5. The third-order valence-electron chi connectivity index (χ3n) is 2.80. The van der Waals surface area contributed by atoms with Gasteiger partial charge in [0.05, 0.1) is 6.61 Å². The van der Waals surface area contributed by atoms with Crippen molar-refractivity contribution >= 4 is 0 Å². The molecule has 0 unspecified atom stereocenters. The van der Waals surface area contributed by atoms with Crippen LogP contribution in [0.1, 0.15) is 23.9 Å². The van der Waals surface area contributed by atoms with Gasteiger partial charge in [-0.15, -0.1) is 0 Å². The second-order valence-electron chi connectivity index (χ2n) is 4.00. The second kappa shape index (κ2) is 5.64.